The maximum Gasteiger partial charge on any atom is -0.00640 e. The van der Waals surface area contributed by atoms with Crippen LogP contribution >= 0.6 is 8.58 Å². The second-order valence-corrected chi connectivity index (χ2v) is 13.7. The normalized spacial score (nSPS) is 28.9. The fourth-order valence-corrected chi connectivity index (χ4v) is 8.29. The Bertz CT molecular complexity index is 865. The van der Waals surface area contributed by atoms with Gasteiger partial charge in [-0.15, -0.1) is 8.58 Å². The summed E-state index contributed by atoms with van der Waals surface area (Å²) in [5, 5.41) is 0. The Morgan fingerprint density at radius 2 is 1.88 bits per heavy atom. The van der Waals surface area contributed by atoms with Crippen molar-refractivity contribution in [2.75, 3.05) is 6.66 Å². The van der Waals surface area contributed by atoms with Gasteiger partial charge in [-0.25, -0.2) is 0 Å². The van der Waals surface area contributed by atoms with Crippen molar-refractivity contribution >= 4 is 8.58 Å². The van der Waals surface area contributed by atoms with Gasteiger partial charge in [-0.05, 0) is 129 Å². The van der Waals surface area contributed by atoms with Crippen LogP contribution in [0.5, 0.6) is 0 Å². The molecule has 0 spiro atoms. The first-order valence-electron chi connectivity index (χ1n) is 14.0. The predicted molar refractivity (Wildman–Crippen MR) is 149 cm³/mol. The first kappa shape index (κ1) is 25.2. The third kappa shape index (κ3) is 5.69. The quantitative estimate of drug-likeness (QED) is 0.204. The highest BCUT2D eigenvalue weighted by atomic mass is 31.1. The van der Waals surface area contributed by atoms with Crippen LogP contribution in [0.1, 0.15) is 114 Å². The molecule has 3 atom stereocenters. The van der Waals surface area contributed by atoms with Crippen molar-refractivity contribution in [1.82, 2.24) is 0 Å². The first-order chi connectivity index (χ1) is 15.8. The molecule has 0 aromatic heterocycles. The highest BCUT2D eigenvalue weighted by Crippen LogP contribution is 2.54. The highest BCUT2D eigenvalue weighted by molar-refractivity contribution is 7.37. The Labute approximate surface area is 206 Å². The van der Waals surface area contributed by atoms with Crippen LogP contribution in [0.15, 0.2) is 35.9 Å². The van der Waals surface area contributed by atoms with Gasteiger partial charge >= 0.3 is 0 Å². The summed E-state index contributed by atoms with van der Waals surface area (Å²) in [6.45, 7) is 16.9. The summed E-state index contributed by atoms with van der Waals surface area (Å²) < 4.78 is 0. The van der Waals surface area contributed by atoms with Gasteiger partial charge in [0.2, 0.25) is 0 Å². The van der Waals surface area contributed by atoms with Crippen LogP contribution in [0.25, 0.3) is 0 Å². The molecule has 0 amide bonds. The van der Waals surface area contributed by atoms with Crippen LogP contribution in [0, 0.1) is 17.3 Å². The molecule has 3 unspecified atom stereocenters. The molecule has 4 rings (SSSR count). The van der Waals surface area contributed by atoms with Gasteiger partial charge in [-0.1, -0.05) is 69.5 Å². The number of aryl methyl sites for hydroxylation is 1. The minimum atomic E-state index is 0.393. The van der Waals surface area contributed by atoms with E-state index in [0.29, 0.717) is 11.3 Å². The van der Waals surface area contributed by atoms with E-state index in [0.717, 1.165) is 32.5 Å². The predicted octanol–water partition coefficient (Wildman–Crippen LogP) is 9.41. The van der Waals surface area contributed by atoms with E-state index in [1.807, 2.05) is 0 Å². The highest BCUT2D eigenvalue weighted by Gasteiger charge is 2.43. The van der Waals surface area contributed by atoms with Gasteiger partial charge in [-0.3, -0.25) is 0 Å². The van der Waals surface area contributed by atoms with Crippen LogP contribution in [-0.4, -0.2) is 12.3 Å². The molecule has 1 heteroatoms. The minimum absolute atomic E-state index is 0.393. The van der Waals surface area contributed by atoms with E-state index in [1.165, 1.54) is 76.2 Å². The summed E-state index contributed by atoms with van der Waals surface area (Å²) in [6.07, 6.45) is 18.3. The zero-order valence-electron chi connectivity index (χ0n) is 22.2. The van der Waals surface area contributed by atoms with Gasteiger partial charge in [-0.2, -0.15) is 0 Å². The van der Waals surface area contributed by atoms with Crippen LogP contribution in [0.2, 0.25) is 0 Å². The topological polar surface area (TPSA) is 0 Å². The molecule has 182 valence electrons. The van der Waals surface area contributed by atoms with Crippen molar-refractivity contribution in [1.29, 1.82) is 0 Å². The van der Waals surface area contributed by atoms with Gasteiger partial charge in [0.25, 0.3) is 0 Å². The third-order valence-electron chi connectivity index (χ3n) is 9.38. The summed E-state index contributed by atoms with van der Waals surface area (Å²) in [4.78, 5) is 0. The van der Waals surface area contributed by atoms with Gasteiger partial charge < -0.3 is 0 Å². The molecular formula is C32H49P. The Kier molecular flexibility index (Phi) is 8.26. The number of fused-ring (bicyclic) bond motifs is 3. The third-order valence-corrected chi connectivity index (χ3v) is 10.8. The van der Waals surface area contributed by atoms with E-state index in [4.69, 9.17) is 6.58 Å². The molecule has 1 aromatic rings. The second-order valence-electron chi connectivity index (χ2n) is 12.3. The van der Waals surface area contributed by atoms with E-state index < -0.39 is 0 Å². The molecule has 0 aliphatic heterocycles. The fraction of sp³-hybridized carbons (Fsp3) is 0.688. The molecule has 33 heavy (non-hydrogen) atoms. The monoisotopic (exact) mass is 464 g/mol. The van der Waals surface area contributed by atoms with Gasteiger partial charge in [0.05, 0.1) is 0 Å². The molecule has 0 N–H and O–H groups in total. The standard InChI is InChI=1S/C32H49P/c1-7-8-9-10-24-19-26(18-23(3)25-12-14-28(33-6)15-13-25)31-27(20-24)21-32(4,5)30-16-11-22(2)17-29(30)31/h11,19-20,25,28-30,33H,3,7-10,12-18,21H2,1-2,4-6H3. The Morgan fingerprint density at radius 3 is 2.58 bits per heavy atom. The molecule has 0 radical (unpaired) electrons. The number of unbranched alkanes of at least 4 members (excludes halogenated alkanes) is 2. The van der Waals surface area contributed by atoms with Crippen molar-refractivity contribution in [3.05, 3.63) is 58.2 Å². The number of allylic oxidation sites excluding steroid dienone is 3. The van der Waals surface area contributed by atoms with E-state index in [9.17, 15) is 0 Å². The lowest BCUT2D eigenvalue weighted by atomic mass is 9.56. The molecule has 3 aliphatic carbocycles. The number of rotatable bonds is 8. The molecular weight excluding hydrogens is 415 g/mol. The molecule has 1 aromatic carbocycles. The second kappa shape index (κ2) is 10.8. The lowest BCUT2D eigenvalue weighted by Crippen LogP contribution is -2.38. The van der Waals surface area contributed by atoms with Crippen molar-refractivity contribution in [2.24, 2.45) is 17.3 Å². The molecule has 0 nitrogen and oxygen atoms in total. The van der Waals surface area contributed by atoms with Crippen molar-refractivity contribution in [2.45, 2.75) is 116 Å². The minimum Gasteiger partial charge on any atom is -0.122 e. The van der Waals surface area contributed by atoms with E-state index >= 15 is 0 Å². The average Bonchev–Trinajstić information content (AvgIpc) is 2.78. The van der Waals surface area contributed by atoms with Gasteiger partial charge in [0.1, 0.15) is 0 Å². The summed E-state index contributed by atoms with van der Waals surface area (Å²) >= 11 is 0. The fourth-order valence-electron chi connectivity index (χ4n) is 7.38. The Balaban J connectivity index is 1.65. The lowest BCUT2D eigenvalue weighted by Gasteiger charge is -2.48. The Hall–Kier alpha value is -0.870. The van der Waals surface area contributed by atoms with Crippen LogP contribution in [0.3, 0.4) is 0 Å². The van der Waals surface area contributed by atoms with Gasteiger partial charge in [0.15, 0.2) is 0 Å². The molecule has 0 bridgehead atoms. The van der Waals surface area contributed by atoms with Crippen molar-refractivity contribution in [3.8, 4) is 0 Å². The smallest absolute Gasteiger partial charge is 0.00640 e. The Morgan fingerprint density at radius 1 is 1.12 bits per heavy atom. The molecule has 0 heterocycles. The lowest BCUT2D eigenvalue weighted by molar-refractivity contribution is 0.151. The van der Waals surface area contributed by atoms with E-state index in [1.54, 1.807) is 27.8 Å². The van der Waals surface area contributed by atoms with Crippen LogP contribution in [-0.2, 0) is 19.3 Å². The zero-order chi connectivity index (χ0) is 23.6. The van der Waals surface area contributed by atoms with Crippen LogP contribution in [0.4, 0.5) is 0 Å². The molecule has 0 saturated heterocycles. The SMILES string of the molecule is C=C(Cc1cc(CCCCC)cc2c1C1CC(C)=CCC1C(C)(C)C2)C1CCC(PC)CC1. The number of benzene rings is 1. The molecule has 1 saturated carbocycles. The summed E-state index contributed by atoms with van der Waals surface area (Å²) in [6, 6.07) is 5.25. The maximum absolute atomic E-state index is 4.72. The van der Waals surface area contributed by atoms with Crippen molar-refractivity contribution < 1.29 is 0 Å². The zero-order valence-corrected chi connectivity index (χ0v) is 23.2. The van der Waals surface area contributed by atoms with Crippen molar-refractivity contribution in [3.63, 3.8) is 0 Å². The largest absolute Gasteiger partial charge is 0.122 e. The number of hydrogen-bond donors (Lipinski definition) is 0. The average molecular weight is 465 g/mol. The molecule has 3 aliphatic rings. The van der Waals surface area contributed by atoms with E-state index in [2.05, 4.69) is 52.6 Å². The van der Waals surface area contributed by atoms with E-state index in [-0.39, 0.29) is 0 Å². The summed E-state index contributed by atoms with van der Waals surface area (Å²) in [5.41, 5.74) is 11.2. The summed E-state index contributed by atoms with van der Waals surface area (Å²) in [5.74, 6) is 2.24. The summed E-state index contributed by atoms with van der Waals surface area (Å²) in [7, 11) is 1.12. The first-order valence-corrected chi connectivity index (χ1v) is 15.5. The number of hydrogen-bond acceptors (Lipinski definition) is 0. The van der Waals surface area contributed by atoms with Crippen LogP contribution < -0.4 is 0 Å². The maximum atomic E-state index is 4.72. The molecule has 1 fully saturated rings. The van der Waals surface area contributed by atoms with Gasteiger partial charge in [0, 0.05) is 0 Å².